The summed E-state index contributed by atoms with van der Waals surface area (Å²) in [6, 6.07) is 9.88. The Kier molecular flexibility index (Phi) is 8.00. The van der Waals surface area contributed by atoms with Crippen molar-refractivity contribution >= 4 is 12.1 Å². The summed E-state index contributed by atoms with van der Waals surface area (Å²) in [5, 5.41) is 10.4. The third-order valence-corrected chi connectivity index (χ3v) is 6.20. The zero-order valence-electron chi connectivity index (χ0n) is 18.1. The number of ether oxygens (including phenoxy) is 1. The molecule has 2 fully saturated rings. The van der Waals surface area contributed by atoms with E-state index in [2.05, 4.69) is 31.5 Å². The first-order chi connectivity index (χ1) is 14.5. The highest BCUT2D eigenvalue weighted by Gasteiger charge is 2.44. The fourth-order valence-corrected chi connectivity index (χ4v) is 3.92. The number of rotatable bonds is 9. The molecular weight excluding hydrogens is 376 g/mol. The second kappa shape index (κ2) is 10.7. The molecule has 0 radical (unpaired) electrons. The number of benzene rings is 1. The van der Waals surface area contributed by atoms with Gasteiger partial charge in [0.2, 0.25) is 5.91 Å². The van der Waals surface area contributed by atoms with Gasteiger partial charge >= 0.3 is 0 Å². The third-order valence-electron chi connectivity index (χ3n) is 6.20. The van der Waals surface area contributed by atoms with Crippen LogP contribution in [0.25, 0.3) is 0 Å². The van der Waals surface area contributed by atoms with Gasteiger partial charge in [-0.25, -0.2) is 0 Å². The van der Waals surface area contributed by atoms with E-state index in [1.165, 1.54) is 0 Å². The first-order valence-electron chi connectivity index (χ1n) is 11.0. The lowest BCUT2D eigenvalue weighted by Crippen LogP contribution is -2.49. The summed E-state index contributed by atoms with van der Waals surface area (Å²) in [5.41, 5.74) is 1.91. The molecule has 1 heterocycles. The van der Waals surface area contributed by atoms with Crippen LogP contribution in [-0.4, -0.2) is 40.5 Å². The van der Waals surface area contributed by atoms with E-state index in [0.717, 1.165) is 17.6 Å². The van der Waals surface area contributed by atoms with Gasteiger partial charge in [0.25, 0.3) is 0 Å². The smallest absolute Gasteiger partial charge is 0.228 e. The molecule has 3 atom stereocenters. The summed E-state index contributed by atoms with van der Waals surface area (Å²) in [7, 11) is 0. The molecule has 1 saturated heterocycles. The molecule has 1 N–H and O–H groups in total. The van der Waals surface area contributed by atoms with Crippen LogP contribution < -0.4 is 0 Å². The summed E-state index contributed by atoms with van der Waals surface area (Å²) in [6.45, 7) is 8.96. The standard InChI is InChI=1S/C25H34N2O3/c1-4-18(2)12-13-26-16-19(3)23-10-11-24(28)27(23)25(29)21-14-22(15-21)30-17-20-8-6-5-7-9-20/h5-9,12-13,16,18,21-24,28H,3-4,10-11,14-15,17H2,1-2H3/b13-12-,26-16?. The van der Waals surface area contributed by atoms with Gasteiger partial charge in [-0.05, 0) is 42.7 Å². The molecule has 1 amide bonds. The maximum Gasteiger partial charge on any atom is 0.228 e. The normalized spacial score (nSPS) is 27.5. The largest absolute Gasteiger partial charge is 0.374 e. The van der Waals surface area contributed by atoms with Gasteiger partial charge in [-0.1, -0.05) is 63.3 Å². The van der Waals surface area contributed by atoms with Crippen LogP contribution in [0.15, 0.2) is 59.8 Å². The van der Waals surface area contributed by atoms with Crippen molar-refractivity contribution < 1.29 is 14.6 Å². The number of aliphatic hydroxyl groups excluding tert-OH is 1. The minimum absolute atomic E-state index is 0.00857. The second-order valence-electron chi connectivity index (χ2n) is 8.49. The highest BCUT2D eigenvalue weighted by Crippen LogP contribution is 2.36. The van der Waals surface area contributed by atoms with E-state index in [0.29, 0.717) is 38.2 Å². The number of nitrogens with zero attached hydrogens (tertiary/aromatic N) is 2. The van der Waals surface area contributed by atoms with E-state index in [-0.39, 0.29) is 24.0 Å². The second-order valence-corrected chi connectivity index (χ2v) is 8.49. The highest BCUT2D eigenvalue weighted by atomic mass is 16.5. The molecule has 3 rings (SSSR count). The molecular formula is C25H34N2O3. The van der Waals surface area contributed by atoms with Crippen LogP contribution in [0, 0.1) is 11.8 Å². The lowest BCUT2D eigenvalue weighted by atomic mass is 9.81. The monoisotopic (exact) mass is 410 g/mol. The molecule has 5 heteroatoms. The van der Waals surface area contributed by atoms with Crippen molar-refractivity contribution in [3.63, 3.8) is 0 Å². The number of aliphatic hydroxyl groups is 1. The maximum absolute atomic E-state index is 13.0. The zero-order chi connectivity index (χ0) is 21.5. The summed E-state index contributed by atoms with van der Waals surface area (Å²) < 4.78 is 5.92. The number of amides is 1. The lowest BCUT2D eigenvalue weighted by molar-refractivity contribution is -0.153. The minimum atomic E-state index is -0.743. The molecule has 1 aliphatic heterocycles. The molecule has 0 spiro atoms. The Balaban J connectivity index is 1.50. The van der Waals surface area contributed by atoms with Crippen molar-refractivity contribution in [2.45, 2.75) is 70.9 Å². The van der Waals surface area contributed by atoms with Crippen LogP contribution in [0.2, 0.25) is 0 Å². The molecule has 162 valence electrons. The number of hydrogen-bond donors (Lipinski definition) is 1. The summed E-state index contributed by atoms with van der Waals surface area (Å²) in [6.07, 6.45) is 8.70. The molecule has 0 aromatic heterocycles. The average molecular weight is 411 g/mol. The molecule has 3 unspecified atom stereocenters. The van der Waals surface area contributed by atoms with Crippen LogP contribution in [0.4, 0.5) is 0 Å². The predicted molar refractivity (Wildman–Crippen MR) is 120 cm³/mol. The molecule has 1 aromatic carbocycles. The fourth-order valence-electron chi connectivity index (χ4n) is 3.92. The van der Waals surface area contributed by atoms with E-state index in [4.69, 9.17) is 4.74 Å². The van der Waals surface area contributed by atoms with Crippen molar-refractivity contribution in [2.75, 3.05) is 0 Å². The molecule has 30 heavy (non-hydrogen) atoms. The van der Waals surface area contributed by atoms with Gasteiger partial charge in [0, 0.05) is 18.3 Å². The van der Waals surface area contributed by atoms with Crippen molar-refractivity contribution in [1.29, 1.82) is 0 Å². The highest BCUT2D eigenvalue weighted by molar-refractivity contribution is 5.85. The van der Waals surface area contributed by atoms with Crippen LogP contribution in [0.3, 0.4) is 0 Å². The van der Waals surface area contributed by atoms with Gasteiger partial charge in [-0.15, -0.1) is 0 Å². The fraction of sp³-hybridized carbons (Fsp3) is 0.520. The SMILES string of the molecule is C=C(C=N/C=C\C(C)CC)C1CCC(O)N1C(=O)C1CC(OCc2ccccc2)C1. The minimum Gasteiger partial charge on any atom is -0.374 e. The van der Waals surface area contributed by atoms with Gasteiger partial charge in [-0.2, -0.15) is 0 Å². The Morgan fingerprint density at radius 2 is 2.07 bits per heavy atom. The maximum atomic E-state index is 13.0. The Bertz CT molecular complexity index is 768. The molecule has 2 aliphatic rings. The van der Waals surface area contributed by atoms with Crippen molar-refractivity contribution in [3.05, 3.63) is 60.3 Å². The predicted octanol–water partition coefficient (Wildman–Crippen LogP) is 4.48. The zero-order valence-corrected chi connectivity index (χ0v) is 18.1. The van der Waals surface area contributed by atoms with Gasteiger partial charge in [0.15, 0.2) is 0 Å². The lowest BCUT2D eigenvalue weighted by Gasteiger charge is -2.39. The Morgan fingerprint density at radius 1 is 1.33 bits per heavy atom. The summed E-state index contributed by atoms with van der Waals surface area (Å²) in [4.78, 5) is 19.0. The molecule has 5 nitrogen and oxygen atoms in total. The van der Waals surface area contributed by atoms with Crippen LogP contribution in [0.1, 0.15) is 51.5 Å². The van der Waals surface area contributed by atoms with E-state index in [1.54, 1.807) is 17.3 Å². The van der Waals surface area contributed by atoms with Crippen molar-refractivity contribution in [3.8, 4) is 0 Å². The topological polar surface area (TPSA) is 62.1 Å². The Hall–Kier alpha value is -2.24. The van der Waals surface area contributed by atoms with Crippen molar-refractivity contribution in [1.82, 2.24) is 4.90 Å². The van der Waals surface area contributed by atoms with Crippen LogP contribution in [0.5, 0.6) is 0 Å². The first-order valence-corrected chi connectivity index (χ1v) is 11.0. The number of carbonyl (C=O) groups is 1. The van der Waals surface area contributed by atoms with Gasteiger partial charge in [0.05, 0.1) is 18.8 Å². The first kappa shape index (κ1) is 22.4. The van der Waals surface area contributed by atoms with E-state index >= 15 is 0 Å². The number of hydrogen-bond acceptors (Lipinski definition) is 4. The third kappa shape index (κ3) is 5.67. The molecule has 0 bridgehead atoms. The van der Waals surface area contributed by atoms with E-state index in [1.807, 2.05) is 30.3 Å². The number of likely N-dealkylation sites (tertiary alicyclic amines) is 1. The molecule has 1 aliphatic carbocycles. The van der Waals surface area contributed by atoms with Gasteiger partial charge in [-0.3, -0.25) is 9.79 Å². The van der Waals surface area contributed by atoms with Crippen molar-refractivity contribution in [2.24, 2.45) is 16.8 Å². The number of carbonyl (C=O) groups excluding carboxylic acids is 1. The molecule has 1 aromatic rings. The quantitative estimate of drug-likeness (QED) is 0.611. The number of allylic oxidation sites excluding steroid dienone is 1. The average Bonchev–Trinajstić information content (AvgIpc) is 3.11. The van der Waals surface area contributed by atoms with Gasteiger partial charge in [0.1, 0.15) is 6.23 Å². The number of aliphatic imine (C=N–C) groups is 1. The Morgan fingerprint density at radius 3 is 2.77 bits per heavy atom. The summed E-state index contributed by atoms with van der Waals surface area (Å²) >= 11 is 0. The summed E-state index contributed by atoms with van der Waals surface area (Å²) in [5.74, 6) is 0.405. The van der Waals surface area contributed by atoms with Crippen LogP contribution in [-0.2, 0) is 16.1 Å². The Labute approximate surface area is 180 Å². The van der Waals surface area contributed by atoms with Gasteiger partial charge < -0.3 is 14.7 Å². The molecule has 1 saturated carbocycles. The van der Waals surface area contributed by atoms with Crippen LogP contribution >= 0.6 is 0 Å². The van der Waals surface area contributed by atoms with E-state index in [9.17, 15) is 9.90 Å². The van der Waals surface area contributed by atoms with E-state index < -0.39 is 6.23 Å².